The Kier molecular flexibility index (Phi) is 3.73. The van der Waals surface area contributed by atoms with E-state index < -0.39 is 0 Å². The highest BCUT2D eigenvalue weighted by molar-refractivity contribution is 5.67. The van der Waals surface area contributed by atoms with Crippen LogP contribution in [-0.2, 0) is 6.42 Å². The Balaban J connectivity index is 2.06. The van der Waals surface area contributed by atoms with Gasteiger partial charge in [0.05, 0.1) is 0 Å². The summed E-state index contributed by atoms with van der Waals surface area (Å²) in [6.45, 7) is 4.10. The summed E-state index contributed by atoms with van der Waals surface area (Å²) in [6, 6.07) is 20.4. The molecule has 2 aromatic carbocycles. The Morgan fingerprint density at radius 2 is 1.47 bits per heavy atom. The van der Waals surface area contributed by atoms with Gasteiger partial charge in [-0.3, -0.25) is 0 Å². The van der Waals surface area contributed by atoms with Gasteiger partial charge in [-0.05, 0) is 23.1 Å². The molecule has 17 heavy (non-hydrogen) atoms. The van der Waals surface area contributed by atoms with E-state index in [0.717, 1.165) is 17.6 Å². The maximum absolute atomic E-state index is 6.18. The van der Waals surface area contributed by atoms with E-state index in [1.54, 1.807) is 0 Å². The highest BCUT2D eigenvalue weighted by atomic mass is 14.6. The van der Waals surface area contributed by atoms with E-state index in [2.05, 4.69) is 18.7 Å². The van der Waals surface area contributed by atoms with E-state index in [-0.39, 0.29) is 6.04 Å². The van der Waals surface area contributed by atoms with Gasteiger partial charge in [0.1, 0.15) is 0 Å². The van der Waals surface area contributed by atoms with Crippen LogP contribution in [0.15, 0.2) is 67.2 Å². The molecule has 0 saturated carbocycles. The van der Waals surface area contributed by atoms with Gasteiger partial charge in [-0.1, -0.05) is 67.2 Å². The minimum absolute atomic E-state index is 0.0280. The Morgan fingerprint density at radius 1 is 0.941 bits per heavy atom. The molecule has 1 unspecified atom stereocenters. The zero-order chi connectivity index (χ0) is 12.1. The zero-order valence-electron chi connectivity index (χ0n) is 9.84. The van der Waals surface area contributed by atoms with Crippen molar-refractivity contribution in [1.29, 1.82) is 0 Å². The average molecular weight is 223 g/mol. The maximum atomic E-state index is 6.18. The molecule has 0 bridgehead atoms. The van der Waals surface area contributed by atoms with Crippen LogP contribution in [0.1, 0.15) is 11.1 Å². The fraction of sp³-hybridized carbons (Fsp3) is 0.125. The molecule has 2 N–H and O–H groups in total. The second kappa shape index (κ2) is 5.46. The largest absolute Gasteiger partial charge is 0.324 e. The molecule has 0 aromatic heterocycles. The molecular weight excluding hydrogens is 206 g/mol. The van der Waals surface area contributed by atoms with E-state index in [9.17, 15) is 0 Å². The smallest absolute Gasteiger partial charge is 0.0335 e. The van der Waals surface area contributed by atoms with E-state index in [0.29, 0.717) is 0 Å². The first kappa shape index (κ1) is 11.6. The Morgan fingerprint density at radius 3 is 2.06 bits per heavy atom. The summed E-state index contributed by atoms with van der Waals surface area (Å²) < 4.78 is 0. The minimum atomic E-state index is -0.0280. The molecule has 0 aliphatic rings. The first-order valence-electron chi connectivity index (χ1n) is 5.81. The molecule has 0 radical (unpaired) electrons. The quantitative estimate of drug-likeness (QED) is 0.845. The average Bonchev–Trinajstić information content (AvgIpc) is 2.40. The van der Waals surface area contributed by atoms with Crippen molar-refractivity contribution in [1.82, 2.24) is 0 Å². The zero-order valence-corrected chi connectivity index (χ0v) is 9.84. The first-order chi connectivity index (χ1) is 8.27. The SMILES string of the molecule is C=C(c1ccccc1)C(N)Cc1ccccc1. The van der Waals surface area contributed by atoms with Crippen LogP contribution in [0.2, 0.25) is 0 Å². The van der Waals surface area contributed by atoms with Gasteiger partial charge in [-0.2, -0.15) is 0 Å². The van der Waals surface area contributed by atoms with E-state index in [1.165, 1.54) is 5.56 Å². The highest BCUT2D eigenvalue weighted by Crippen LogP contribution is 2.17. The van der Waals surface area contributed by atoms with Crippen molar-refractivity contribution in [3.63, 3.8) is 0 Å². The van der Waals surface area contributed by atoms with Crippen LogP contribution in [0.25, 0.3) is 5.57 Å². The van der Waals surface area contributed by atoms with Gasteiger partial charge in [0.25, 0.3) is 0 Å². The second-order valence-corrected chi connectivity index (χ2v) is 4.19. The third-order valence-corrected chi connectivity index (χ3v) is 2.89. The predicted octanol–water partition coefficient (Wildman–Crippen LogP) is 3.27. The fourth-order valence-corrected chi connectivity index (χ4v) is 1.86. The van der Waals surface area contributed by atoms with Gasteiger partial charge in [0, 0.05) is 6.04 Å². The van der Waals surface area contributed by atoms with E-state index in [4.69, 9.17) is 5.73 Å². The van der Waals surface area contributed by atoms with Crippen molar-refractivity contribution >= 4 is 5.57 Å². The lowest BCUT2D eigenvalue weighted by Crippen LogP contribution is -2.24. The van der Waals surface area contributed by atoms with E-state index in [1.807, 2.05) is 48.5 Å². The number of benzene rings is 2. The van der Waals surface area contributed by atoms with E-state index >= 15 is 0 Å². The summed E-state index contributed by atoms with van der Waals surface area (Å²) in [5.74, 6) is 0. The van der Waals surface area contributed by atoms with Gasteiger partial charge in [-0.25, -0.2) is 0 Å². The second-order valence-electron chi connectivity index (χ2n) is 4.19. The van der Waals surface area contributed by atoms with Crippen LogP contribution in [-0.4, -0.2) is 6.04 Å². The fourth-order valence-electron chi connectivity index (χ4n) is 1.86. The molecule has 0 fully saturated rings. The third kappa shape index (κ3) is 3.05. The van der Waals surface area contributed by atoms with Gasteiger partial charge in [0.15, 0.2) is 0 Å². The van der Waals surface area contributed by atoms with Crippen LogP contribution in [0, 0.1) is 0 Å². The summed E-state index contributed by atoms with van der Waals surface area (Å²) in [4.78, 5) is 0. The molecule has 1 nitrogen and oxygen atoms in total. The van der Waals surface area contributed by atoms with Crippen LogP contribution in [0.4, 0.5) is 0 Å². The molecule has 0 aliphatic heterocycles. The molecule has 2 rings (SSSR count). The van der Waals surface area contributed by atoms with Crippen molar-refractivity contribution < 1.29 is 0 Å². The van der Waals surface area contributed by atoms with Crippen molar-refractivity contribution in [3.05, 3.63) is 78.4 Å². The molecular formula is C16H17N. The molecule has 0 spiro atoms. The van der Waals surface area contributed by atoms with Crippen LogP contribution in [0.3, 0.4) is 0 Å². The molecule has 0 heterocycles. The normalized spacial score (nSPS) is 12.1. The van der Waals surface area contributed by atoms with Gasteiger partial charge in [0.2, 0.25) is 0 Å². The lowest BCUT2D eigenvalue weighted by Gasteiger charge is -2.15. The maximum Gasteiger partial charge on any atom is 0.0335 e. The third-order valence-electron chi connectivity index (χ3n) is 2.89. The summed E-state index contributed by atoms with van der Waals surface area (Å²) in [5, 5.41) is 0. The Labute approximate surface area is 103 Å². The van der Waals surface area contributed by atoms with Crippen LogP contribution >= 0.6 is 0 Å². The van der Waals surface area contributed by atoms with Gasteiger partial charge < -0.3 is 5.73 Å². The number of rotatable bonds is 4. The molecule has 1 heteroatoms. The summed E-state index contributed by atoms with van der Waals surface area (Å²) >= 11 is 0. The standard InChI is InChI=1S/C16H17N/c1-13(15-10-6-3-7-11-15)16(17)12-14-8-4-2-5-9-14/h2-11,16H,1,12,17H2. The number of nitrogens with two attached hydrogens (primary N) is 1. The molecule has 1 atom stereocenters. The topological polar surface area (TPSA) is 26.0 Å². The van der Waals surface area contributed by atoms with Crippen LogP contribution in [0.5, 0.6) is 0 Å². The summed E-state index contributed by atoms with van der Waals surface area (Å²) in [7, 11) is 0. The molecule has 0 aliphatic carbocycles. The lowest BCUT2D eigenvalue weighted by atomic mass is 9.95. The first-order valence-corrected chi connectivity index (χ1v) is 5.81. The lowest BCUT2D eigenvalue weighted by molar-refractivity contribution is 0.829. The molecule has 0 saturated heterocycles. The van der Waals surface area contributed by atoms with Crippen LogP contribution < -0.4 is 5.73 Å². The van der Waals surface area contributed by atoms with Crippen molar-refractivity contribution in [2.24, 2.45) is 5.73 Å². The molecule has 86 valence electrons. The number of hydrogen-bond acceptors (Lipinski definition) is 1. The van der Waals surface area contributed by atoms with Crippen molar-refractivity contribution in [2.75, 3.05) is 0 Å². The molecule has 0 amide bonds. The minimum Gasteiger partial charge on any atom is -0.324 e. The Hall–Kier alpha value is -1.86. The predicted molar refractivity (Wildman–Crippen MR) is 73.6 cm³/mol. The van der Waals surface area contributed by atoms with Gasteiger partial charge >= 0.3 is 0 Å². The Bertz CT molecular complexity index is 473. The number of hydrogen-bond donors (Lipinski definition) is 1. The monoisotopic (exact) mass is 223 g/mol. The van der Waals surface area contributed by atoms with Crippen molar-refractivity contribution in [2.45, 2.75) is 12.5 Å². The summed E-state index contributed by atoms with van der Waals surface area (Å²) in [6.07, 6.45) is 0.828. The highest BCUT2D eigenvalue weighted by Gasteiger charge is 2.09. The van der Waals surface area contributed by atoms with Crippen molar-refractivity contribution in [3.8, 4) is 0 Å². The van der Waals surface area contributed by atoms with Gasteiger partial charge in [-0.15, -0.1) is 0 Å². The molecule has 2 aromatic rings. The summed E-state index contributed by atoms with van der Waals surface area (Å²) in [5.41, 5.74) is 9.55.